The van der Waals surface area contributed by atoms with E-state index in [4.69, 9.17) is 21.1 Å². The van der Waals surface area contributed by atoms with Gasteiger partial charge >= 0.3 is 0 Å². The zero-order chi connectivity index (χ0) is 10.8. The summed E-state index contributed by atoms with van der Waals surface area (Å²) in [6.45, 7) is 1.96. The topological polar surface area (TPSA) is 46.3 Å². The SMILES string of the molecule is CC(CO)c1coc(-c2ccc(Cl)s2)n1. The van der Waals surface area contributed by atoms with Crippen LogP contribution >= 0.6 is 22.9 Å². The van der Waals surface area contributed by atoms with Gasteiger partial charge in [0, 0.05) is 5.92 Å². The fourth-order valence-electron chi connectivity index (χ4n) is 1.15. The third-order valence-electron chi connectivity index (χ3n) is 2.08. The molecule has 0 aliphatic rings. The highest BCUT2D eigenvalue weighted by atomic mass is 35.5. The van der Waals surface area contributed by atoms with Crippen molar-refractivity contribution in [1.82, 2.24) is 4.98 Å². The van der Waals surface area contributed by atoms with Crippen molar-refractivity contribution in [3.63, 3.8) is 0 Å². The molecule has 0 saturated carbocycles. The molecule has 2 heterocycles. The van der Waals surface area contributed by atoms with Gasteiger partial charge in [0.15, 0.2) is 0 Å². The minimum Gasteiger partial charge on any atom is -0.444 e. The number of hydrogen-bond acceptors (Lipinski definition) is 4. The molecule has 80 valence electrons. The number of rotatable bonds is 3. The minimum atomic E-state index is -0.00191. The highest BCUT2D eigenvalue weighted by Gasteiger charge is 2.12. The van der Waals surface area contributed by atoms with Crippen LogP contribution in [0.2, 0.25) is 4.34 Å². The molecule has 0 amide bonds. The van der Waals surface area contributed by atoms with Gasteiger partial charge in [-0.15, -0.1) is 11.3 Å². The molecule has 0 fully saturated rings. The van der Waals surface area contributed by atoms with Crippen LogP contribution in [0.25, 0.3) is 10.8 Å². The lowest BCUT2D eigenvalue weighted by Gasteiger charge is -1.99. The lowest BCUT2D eigenvalue weighted by Crippen LogP contribution is -1.98. The van der Waals surface area contributed by atoms with Crippen molar-refractivity contribution in [2.24, 2.45) is 0 Å². The van der Waals surface area contributed by atoms with Crippen LogP contribution in [0.3, 0.4) is 0 Å². The largest absolute Gasteiger partial charge is 0.444 e. The first-order valence-electron chi connectivity index (χ1n) is 4.52. The second-order valence-corrected chi connectivity index (χ2v) is 4.98. The van der Waals surface area contributed by atoms with E-state index in [0.29, 0.717) is 10.2 Å². The summed E-state index contributed by atoms with van der Waals surface area (Å²) in [5, 5.41) is 8.97. The van der Waals surface area contributed by atoms with Crippen LogP contribution in [0.1, 0.15) is 18.5 Å². The van der Waals surface area contributed by atoms with Gasteiger partial charge in [-0.05, 0) is 12.1 Å². The molecule has 2 aromatic heterocycles. The van der Waals surface area contributed by atoms with Crippen molar-refractivity contribution < 1.29 is 9.52 Å². The minimum absolute atomic E-state index is 0.00191. The van der Waals surface area contributed by atoms with E-state index in [-0.39, 0.29) is 12.5 Å². The zero-order valence-electron chi connectivity index (χ0n) is 8.11. The van der Waals surface area contributed by atoms with E-state index >= 15 is 0 Å². The Kier molecular flexibility index (Phi) is 3.09. The van der Waals surface area contributed by atoms with E-state index in [1.807, 2.05) is 13.0 Å². The number of thiophene rings is 1. The number of hydrogen-bond donors (Lipinski definition) is 1. The van der Waals surface area contributed by atoms with Gasteiger partial charge in [0.25, 0.3) is 0 Å². The van der Waals surface area contributed by atoms with Gasteiger partial charge in [0.1, 0.15) is 6.26 Å². The molecule has 0 aliphatic heterocycles. The van der Waals surface area contributed by atoms with Crippen LogP contribution in [-0.4, -0.2) is 16.7 Å². The summed E-state index contributed by atoms with van der Waals surface area (Å²) in [5.74, 6) is 0.556. The standard InChI is InChI=1S/C10H10ClNO2S/c1-6(4-13)7-5-14-10(12-7)8-2-3-9(11)15-8/h2-3,5-6,13H,4H2,1H3. The maximum Gasteiger partial charge on any atom is 0.236 e. The molecule has 15 heavy (non-hydrogen) atoms. The molecule has 0 saturated heterocycles. The van der Waals surface area contributed by atoms with Crippen molar-refractivity contribution in [3.05, 3.63) is 28.4 Å². The summed E-state index contributed by atoms with van der Waals surface area (Å²) in [6.07, 6.45) is 1.57. The van der Waals surface area contributed by atoms with Crippen LogP contribution in [0, 0.1) is 0 Å². The first kappa shape index (κ1) is 10.7. The van der Waals surface area contributed by atoms with Crippen molar-refractivity contribution in [3.8, 4) is 10.8 Å². The van der Waals surface area contributed by atoms with E-state index in [1.54, 1.807) is 12.3 Å². The Bertz CT molecular complexity index is 452. The average Bonchev–Trinajstić information content (AvgIpc) is 2.84. The maximum atomic E-state index is 8.97. The molecular formula is C10H10ClNO2S. The van der Waals surface area contributed by atoms with Crippen LogP contribution < -0.4 is 0 Å². The van der Waals surface area contributed by atoms with Gasteiger partial charge in [0.2, 0.25) is 5.89 Å². The smallest absolute Gasteiger partial charge is 0.236 e. The molecule has 1 atom stereocenters. The summed E-state index contributed by atoms with van der Waals surface area (Å²) < 4.78 is 6.02. The average molecular weight is 244 g/mol. The summed E-state index contributed by atoms with van der Waals surface area (Å²) in [6, 6.07) is 3.67. The number of aliphatic hydroxyl groups is 1. The number of oxazole rings is 1. The second-order valence-electron chi connectivity index (χ2n) is 3.26. The van der Waals surface area contributed by atoms with E-state index in [2.05, 4.69) is 4.98 Å². The fraction of sp³-hybridized carbons (Fsp3) is 0.300. The van der Waals surface area contributed by atoms with E-state index in [1.165, 1.54) is 11.3 Å². The Morgan fingerprint density at radius 3 is 3.00 bits per heavy atom. The van der Waals surface area contributed by atoms with Crippen molar-refractivity contribution in [1.29, 1.82) is 0 Å². The van der Waals surface area contributed by atoms with Gasteiger partial charge in [-0.1, -0.05) is 18.5 Å². The van der Waals surface area contributed by atoms with E-state index in [9.17, 15) is 0 Å². The third kappa shape index (κ3) is 2.22. The Morgan fingerprint density at radius 2 is 2.40 bits per heavy atom. The first-order valence-corrected chi connectivity index (χ1v) is 5.72. The van der Waals surface area contributed by atoms with Gasteiger partial charge in [-0.3, -0.25) is 0 Å². The number of nitrogens with zero attached hydrogens (tertiary/aromatic N) is 1. The lowest BCUT2D eigenvalue weighted by atomic mass is 10.1. The van der Waals surface area contributed by atoms with Crippen LogP contribution in [0.15, 0.2) is 22.8 Å². The fourth-order valence-corrected chi connectivity index (χ4v) is 2.12. The molecule has 0 aliphatic carbocycles. The summed E-state index contributed by atoms with van der Waals surface area (Å²) in [5.41, 5.74) is 0.761. The maximum absolute atomic E-state index is 8.97. The van der Waals surface area contributed by atoms with Crippen LogP contribution in [-0.2, 0) is 0 Å². The Morgan fingerprint density at radius 1 is 1.60 bits per heavy atom. The molecule has 2 rings (SSSR count). The number of halogens is 1. The number of aromatic nitrogens is 1. The predicted molar refractivity (Wildman–Crippen MR) is 60.3 cm³/mol. The second kappa shape index (κ2) is 4.35. The van der Waals surface area contributed by atoms with Crippen LogP contribution in [0.4, 0.5) is 0 Å². The summed E-state index contributed by atoms with van der Waals surface area (Å²) in [7, 11) is 0. The highest BCUT2D eigenvalue weighted by molar-refractivity contribution is 7.19. The molecule has 1 unspecified atom stereocenters. The molecule has 0 radical (unpaired) electrons. The molecule has 2 aromatic rings. The van der Waals surface area contributed by atoms with Gasteiger partial charge < -0.3 is 9.52 Å². The molecular weight excluding hydrogens is 234 g/mol. The van der Waals surface area contributed by atoms with Crippen molar-refractivity contribution >= 4 is 22.9 Å². The Hall–Kier alpha value is -0.840. The first-order chi connectivity index (χ1) is 7.20. The Labute approximate surface area is 96.3 Å². The molecule has 0 spiro atoms. The molecule has 5 heteroatoms. The van der Waals surface area contributed by atoms with Crippen LogP contribution in [0.5, 0.6) is 0 Å². The van der Waals surface area contributed by atoms with Crippen molar-refractivity contribution in [2.75, 3.05) is 6.61 Å². The summed E-state index contributed by atoms with van der Waals surface area (Å²) in [4.78, 5) is 5.19. The summed E-state index contributed by atoms with van der Waals surface area (Å²) >= 11 is 7.24. The Balaban J connectivity index is 2.27. The monoisotopic (exact) mass is 243 g/mol. The third-order valence-corrected chi connectivity index (χ3v) is 3.30. The molecule has 0 bridgehead atoms. The molecule has 0 aromatic carbocycles. The van der Waals surface area contributed by atoms with E-state index in [0.717, 1.165) is 10.6 Å². The lowest BCUT2D eigenvalue weighted by molar-refractivity contribution is 0.271. The van der Waals surface area contributed by atoms with Gasteiger partial charge in [-0.2, -0.15) is 0 Å². The van der Waals surface area contributed by atoms with Gasteiger partial charge in [-0.25, -0.2) is 4.98 Å². The van der Waals surface area contributed by atoms with Crippen molar-refractivity contribution in [2.45, 2.75) is 12.8 Å². The van der Waals surface area contributed by atoms with E-state index < -0.39 is 0 Å². The molecule has 1 N–H and O–H groups in total. The zero-order valence-corrected chi connectivity index (χ0v) is 9.68. The van der Waals surface area contributed by atoms with Gasteiger partial charge in [0.05, 0.1) is 21.5 Å². The quantitative estimate of drug-likeness (QED) is 0.901. The normalized spacial score (nSPS) is 13.0. The number of aliphatic hydroxyl groups excluding tert-OH is 1. The molecule has 3 nitrogen and oxygen atoms in total. The predicted octanol–water partition coefficient (Wildman–Crippen LogP) is 3.15. The highest BCUT2D eigenvalue weighted by Crippen LogP contribution is 2.31.